The van der Waals surface area contributed by atoms with Gasteiger partial charge in [-0.1, -0.05) is 6.07 Å². The third-order valence-electron chi connectivity index (χ3n) is 2.43. The first-order valence-electron chi connectivity index (χ1n) is 5.27. The molecule has 0 fully saturated rings. The Morgan fingerprint density at radius 1 is 1.50 bits per heavy atom. The van der Waals surface area contributed by atoms with Crippen molar-refractivity contribution in [3.8, 4) is 0 Å². The lowest BCUT2D eigenvalue weighted by atomic mass is 10.1. The molecule has 0 saturated heterocycles. The van der Waals surface area contributed by atoms with Crippen LogP contribution in [0.5, 0.6) is 0 Å². The van der Waals surface area contributed by atoms with Gasteiger partial charge in [-0.05, 0) is 47.6 Å². The van der Waals surface area contributed by atoms with E-state index in [1.807, 2.05) is 18.8 Å². The summed E-state index contributed by atoms with van der Waals surface area (Å²) in [7, 11) is 3.70. The van der Waals surface area contributed by atoms with Gasteiger partial charge in [0, 0.05) is 28.3 Å². The number of halogens is 1. The van der Waals surface area contributed by atoms with E-state index in [2.05, 4.69) is 46.4 Å². The molecular weight excluding hydrogens is 286 g/mol. The molecule has 0 aromatic heterocycles. The summed E-state index contributed by atoms with van der Waals surface area (Å²) >= 11 is 5.41. The van der Waals surface area contributed by atoms with Gasteiger partial charge in [-0.2, -0.15) is 0 Å². The van der Waals surface area contributed by atoms with Crippen molar-refractivity contribution >= 4 is 27.7 Å². The second-order valence-electron chi connectivity index (χ2n) is 3.54. The van der Waals surface area contributed by atoms with Gasteiger partial charge in [0.1, 0.15) is 0 Å². The highest BCUT2D eigenvalue weighted by Crippen LogP contribution is 2.29. The van der Waals surface area contributed by atoms with Crippen LogP contribution in [0.1, 0.15) is 18.5 Å². The van der Waals surface area contributed by atoms with Gasteiger partial charge in [-0.3, -0.25) is 0 Å². The second-order valence-corrected chi connectivity index (χ2v) is 5.53. The number of thioether (sulfide) groups is 1. The van der Waals surface area contributed by atoms with Crippen molar-refractivity contribution < 1.29 is 4.74 Å². The molecule has 1 aromatic rings. The molecule has 0 heterocycles. The predicted octanol–water partition coefficient (Wildman–Crippen LogP) is 3.47. The zero-order chi connectivity index (χ0) is 12.0. The Morgan fingerprint density at radius 2 is 2.25 bits per heavy atom. The number of hydrogen-bond donors (Lipinski definition) is 1. The Balaban J connectivity index is 2.67. The normalized spacial score (nSPS) is 12.8. The molecule has 4 heteroatoms. The molecule has 0 radical (unpaired) electrons. The molecule has 1 rings (SSSR count). The van der Waals surface area contributed by atoms with Gasteiger partial charge in [-0.15, -0.1) is 11.8 Å². The minimum Gasteiger partial charge on any atom is -0.384 e. The molecule has 0 aliphatic heterocycles. The van der Waals surface area contributed by atoms with Crippen LogP contribution in [0.2, 0.25) is 0 Å². The molecular formula is C12H18BrNOS. The average molecular weight is 304 g/mol. The lowest BCUT2D eigenvalue weighted by molar-refractivity contribution is 0.218. The highest BCUT2D eigenvalue weighted by molar-refractivity contribution is 9.10. The van der Waals surface area contributed by atoms with E-state index in [-0.39, 0.29) is 0 Å². The van der Waals surface area contributed by atoms with Crippen molar-refractivity contribution in [2.45, 2.75) is 17.9 Å². The highest BCUT2D eigenvalue weighted by atomic mass is 79.9. The van der Waals surface area contributed by atoms with Crippen molar-refractivity contribution in [3.05, 3.63) is 28.2 Å². The van der Waals surface area contributed by atoms with Crippen LogP contribution in [-0.4, -0.2) is 26.5 Å². The molecule has 0 spiro atoms. The summed E-state index contributed by atoms with van der Waals surface area (Å²) in [4.78, 5) is 1.27. The fourth-order valence-corrected chi connectivity index (χ4v) is 2.88. The summed E-state index contributed by atoms with van der Waals surface area (Å²) in [6.45, 7) is 2.94. The summed E-state index contributed by atoms with van der Waals surface area (Å²) in [5, 5.41) is 3.23. The van der Waals surface area contributed by atoms with Crippen LogP contribution in [0.15, 0.2) is 27.6 Å². The Morgan fingerprint density at radius 3 is 2.81 bits per heavy atom. The van der Waals surface area contributed by atoms with Gasteiger partial charge < -0.3 is 10.1 Å². The summed E-state index contributed by atoms with van der Waals surface area (Å²) < 4.78 is 6.20. The summed E-state index contributed by atoms with van der Waals surface area (Å²) in [6.07, 6.45) is 0. The lowest BCUT2D eigenvalue weighted by Crippen LogP contribution is -2.12. The number of ether oxygens (including phenoxy) is 1. The molecule has 1 atom stereocenters. The fraction of sp³-hybridized carbons (Fsp3) is 0.500. The number of methoxy groups -OCH3 is 1. The molecule has 0 saturated carbocycles. The van der Waals surface area contributed by atoms with Crippen molar-refractivity contribution in [1.29, 1.82) is 0 Å². The predicted molar refractivity (Wildman–Crippen MR) is 74.2 cm³/mol. The Bertz CT molecular complexity index is 333. The number of hydrogen-bond acceptors (Lipinski definition) is 3. The molecule has 1 N–H and O–H groups in total. The maximum Gasteiger partial charge on any atom is 0.0556 e. The van der Waals surface area contributed by atoms with Crippen LogP contribution in [0.3, 0.4) is 0 Å². The van der Waals surface area contributed by atoms with Gasteiger partial charge in [-0.25, -0.2) is 0 Å². The largest absolute Gasteiger partial charge is 0.384 e. The van der Waals surface area contributed by atoms with E-state index in [0.717, 1.165) is 16.8 Å². The SMILES string of the molecule is CNC(C)c1ccc(SCCOC)c(Br)c1. The second kappa shape index (κ2) is 7.33. The smallest absolute Gasteiger partial charge is 0.0556 e. The van der Waals surface area contributed by atoms with Crippen LogP contribution < -0.4 is 5.32 Å². The van der Waals surface area contributed by atoms with E-state index >= 15 is 0 Å². The molecule has 2 nitrogen and oxygen atoms in total. The third kappa shape index (κ3) is 4.09. The minimum atomic E-state index is 0.384. The van der Waals surface area contributed by atoms with Crippen LogP contribution in [0, 0.1) is 0 Å². The maximum atomic E-state index is 5.04. The molecule has 16 heavy (non-hydrogen) atoms. The van der Waals surface area contributed by atoms with Gasteiger partial charge in [0.05, 0.1) is 6.61 Å². The minimum absolute atomic E-state index is 0.384. The van der Waals surface area contributed by atoms with Gasteiger partial charge in [0.15, 0.2) is 0 Å². The summed E-state index contributed by atoms with van der Waals surface area (Å²) in [5.41, 5.74) is 1.30. The first-order chi connectivity index (χ1) is 7.69. The van der Waals surface area contributed by atoms with Gasteiger partial charge in [0.2, 0.25) is 0 Å². The first kappa shape index (κ1) is 14.0. The van der Waals surface area contributed by atoms with E-state index in [4.69, 9.17) is 4.74 Å². The van der Waals surface area contributed by atoms with Crippen molar-refractivity contribution in [2.75, 3.05) is 26.5 Å². The lowest BCUT2D eigenvalue weighted by Gasteiger charge is -2.12. The Labute approximate surface area is 110 Å². The highest BCUT2D eigenvalue weighted by Gasteiger charge is 2.06. The molecule has 0 aliphatic carbocycles. The molecule has 0 aliphatic rings. The zero-order valence-corrected chi connectivity index (χ0v) is 12.3. The van der Waals surface area contributed by atoms with Crippen LogP contribution >= 0.6 is 27.7 Å². The summed E-state index contributed by atoms with van der Waals surface area (Å²) in [5.74, 6) is 0.982. The van der Waals surface area contributed by atoms with E-state index in [1.54, 1.807) is 7.11 Å². The van der Waals surface area contributed by atoms with E-state index in [9.17, 15) is 0 Å². The van der Waals surface area contributed by atoms with Crippen molar-refractivity contribution in [2.24, 2.45) is 0 Å². The molecule has 90 valence electrons. The number of nitrogens with one attached hydrogen (secondary N) is 1. The Kier molecular flexibility index (Phi) is 6.43. The van der Waals surface area contributed by atoms with Crippen LogP contribution in [0.4, 0.5) is 0 Å². The van der Waals surface area contributed by atoms with Crippen LogP contribution in [0.25, 0.3) is 0 Å². The monoisotopic (exact) mass is 303 g/mol. The first-order valence-corrected chi connectivity index (χ1v) is 7.05. The van der Waals surface area contributed by atoms with Crippen molar-refractivity contribution in [3.63, 3.8) is 0 Å². The summed E-state index contributed by atoms with van der Waals surface area (Å²) in [6, 6.07) is 6.89. The van der Waals surface area contributed by atoms with Gasteiger partial charge in [0.25, 0.3) is 0 Å². The molecule has 0 amide bonds. The van der Waals surface area contributed by atoms with Gasteiger partial charge >= 0.3 is 0 Å². The Hall–Kier alpha value is -0.0300. The fourth-order valence-electron chi connectivity index (χ4n) is 1.31. The van der Waals surface area contributed by atoms with E-state index < -0.39 is 0 Å². The number of benzene rings is 1. The standard InChI is InChI=1S/C12H18BrNOS/c1-9(14-2)10-4-5-12(11(13)8-10)16-7-6-15-3/h4-5,8-9,14H,6-7H2,1-3H3. The maximum absolute atomic E-state index is 5.04. The number of rotatable bonds is 6. The quantitative estimate of drug-likeness (QED) is 0.642. The average Bonchev–Trinajstić information content (AvgIpc) is 2.30. The molecule has 1 aromatic carbocycles. The molecule has 0 bridgehead atoms. The molecule has 1 unspecified atom stereocenters. The van der Waals surface area contributed by atoms with Crippen LogP contribution in [-0.2, 0) is 4.74 Å². The van der Waals surface area contributed by atoms with Crippen molar-refractivity contribution in [1.82, 2.24) is 5.32 Å². The zero-order valence-electron chi connectivity index (χ0n) is 9.92. The topological polar surface area (TPSA) is 21.3 Å². The van der Waals surface area contributed by atoms with E-state index in [0.29, 0.717) is 6.04 Å². The van der Waals surface area contributed by atoms with E-state index in [1.165, 1.54) is 10.5 Å². The third-order valence-corrected chi connectivity index (χ3v) is 4.39.